The second-order valence-corrected chi connectivity index (χ2v) is 6.49. The average molecular weight is 512 g/mol. The first-order valence-electron chi connectivity index (χ1n) is 9.76. The summed E-state index contributed by atoms with van der Waals surface area (Å²) in [6, 6.07) is 14.3. The summed E-state index contributed by atoms with van der Waals surface area (Å²) in [5.74, 6) is 0.556. The van der Waals surface area contributed by atoms with E-state index in [1.807, 2.05) is 38.1 Å². The fourth-order valence-corrected chi connectivity index (χ4v) is 2.63. The van der Waals surface area contributed by atoms with Crippen LogP contribution in [0.15, 0.2) is 53.5 Å². The van der Waals surface area contributed by atoms with Crippen LogP contribution in [-0.4, -0.2) is 25.0 Å². The number of nitrogens with one attached hydrogen (secondary N) is 3. The van der Waals surface area contributed by atoms with E-state index in [0.717, 1.165) is 42.2 Å². The van der Waals surface area contributed by atoms with Gasteiger partial charge in [-0.15, -0.1) is 24.0 Å². The molecule has 0 bridgehead atoms. The number of hydrogen-bond acceptors (Lipinski definition) is 2. The highest BCUT2D eigenvalue weighted by molar-refractivity contribution is 14.0. The third kappa shape index (κ3) is 9.74. The predicted octanol–water partition coefficient (Wildman–Crippen LogP) is 4.48. The van der Waals surface area contributed by atoms with Crippen LogP contribution in [0.4, 0.5) is 10.1 Å². The molecule has 2 rings (SSSR count). The van der Waals surface area contributed by atoms with Crippen LogP contribution < -0.4 is 16.0 Å². The van der Waals surface area contributed by atoms with Crippen molar-refractivity contribution in [1.29, 1.82) is 0 Å². The molecule has 0 aliphatic rings. The number of carbonyl (C=O) groups excluding carboxylic acids is 1. The van der Waals surface area contributed by atoms with Crippen molar-refractivity contribution < 1.29 is 9.18 Å². The molecular formula is C22H30FIN4O. The minimum Gasteiger partial charge on any atom is -0.357 e. The van der Waals surface area contributed by atoms with Gasteiger partial charge in [0.1, 0.15) is 5.82 Å². The molecule has 29 heavy (non-hydrogen) atoms. The Morgan fingerprint density at radius 1 is 0.966 bits per heavy atom. The largest absolute Gasteiger partial charge is 0.357 e. The zero-order chi connectivity index (χ0) is 20.2. The molecule has 2 aromatic carbocycles. The van der Waals surface area contributed by atoms with E-state index in [4.69, 9.17) is 0 Å². The van der Waals surface area contributed by atoms with Gasteiger partial charge in [-0.1, -0.05) is 31.2 Å². The number of amides is 1. The normalized spacial score (nSPS) is 10.8. The molecule has 2 aromatic rings. The highest BCUT2D eigenvalue weighted by Crippen LogP contribution is 2.11. The van der Waals surface area contributed by atoms with Crippen molar-refractivity contribution >= 4 is 41.5 Å². The number of nitrogens with zero attached hydrogens (tertiary/aromatic N) is 1. The Kier molecular flexibility index (Phi) is 11.9. The second-order valence-electron chi connectivity index (χ2n) is 6.49. The molecule has 0 aliphatic heterocycles. The van der Waals surface area contributed by atoms with Gasteiger partial charge in [-0.05, 0) is 55.2 Å². The third-order valence-corrected chi connectivity index (χ3v) is 4.10. The number of carbonyl (C=O) groups is 1. The number of halogens is 2. The van der Waals surface area contributed by atoms with Crippen LogP contribution in [0.3, 0.4) is 0 Å². The molecule has 7 heteroatoms. The summed E-state index contributed by atoms with van der Waals surface area (Å²) in [6.07, 6.45) is 2.15. The van der Waals surface area contributed by atoms with Crippen LogP contribution >= 0.6 is 24.0 Å². The Bertz CT molecular complexity index is 763. The summed E-state index contributed by atoms with van der Waals surface area (Å²) >= 11 is 0. The van der Waals surface area contributed by atoms with Crippen LogP contribution in [0.1, 0.15) is 37.8 Å². The van der Waals surface area contributed by atoms with E-state index < -0.39 is 0 Å². The van der Waals surface area contributed by atoms with Crippen LogP contribution in [0.2, 0.25) is 0 Å². The van der Waals surface area contributed by atoms with Crippen molar-refractivity contribution in [3.05, 3.63) is 65.5 Å². The Hall–Kier alpha value is -2.16. The zero-order valence-corrected chi connectivity index (χ0v) is 19.3. The summed E-state index contributed by atoms with van der Waals surface area (Å²) in [6.45, 7) is 6.01. The van der Waals surface area contributed by atoms with Gasteiger partial charge < -0.3 is 16.0 Å². The van der Waals surface area contributed by atoms with Crippen LogP contribution in [-0.2, 0) is 17.8 Å². The molecule has 0 heterocycles. The van der Waals surface area contributed by atoms with Gasteiger partial charge in [-0.2, -0.15) is 0 Å². The van der Waals surface area contributed by atoms with Gasteiger partial charge in [-0.25, -0.2) is 9.38 Å². The first kappa shape index (κ1) is 24.9. The third-order valence-electron chi connectivity index (χ3n) is 4.10. The van der Waals surface area contributed by atoms with Gasteiger partial charge in [-0.3, -0.25) is 4.79 Å². The second kappa shape index (κ2) is 13.9. The van der Waals surface area contributed by atoms with Gasteiger partial charge in [0.2, 0.25) is 5.91 Å². The van der Waals surface area contributed by atoms with Gasteiger partial charge in [0, 0.05) is 25.2 Å². The molecule has 1 amide bonds. The smallest absolute Gasteiger partial charge is 0.224 e. The molecule has 0 atom stereocenters. The van der Waals surface area contributed by atoms with Crippen molar-refractivity contribution in [2.45, 2.75) is 39.7 Å². The van der Waals surface area contributed by atoms with Gasteiger partial charge in [0.05, 0.1) is 6.54 Å². The van der Waals surface area contributed by atoms with Crippen molar-refractivity contribution in [2.24, 2.45) is 4.99 Å². The van der Waals surface area contributed by atoms with Gasteiger partial charge in [0.25, 0.3) is 0 Å². The number of anilines is 1. The Labute approximate surface area is 189 Å². The van der Waals surface area contributed by atoms with Crippen LogP contribution in [0.5, 0.6) is 0 Å². The lowest BCUT2D eigenvalue weighted by Crippen LogP contribution is -2.38. The van der Waals surface area contributed by atoms with Crippen molar-refractivity contribution in [2.75, 3.05) is 18.4 Å². The van der Waals surface area contributed by atoms with Crippen molar-refractivity contribution in [3.8, 4) is 0 Å². The number of hydrogen-bond donors (Lipinski definition) is 3. The lowest BCUT2D eigenvalue weighted by atomic mass is 10.1. The zero-order valence-electron chi connectivity index (χ0n) is 17.0. The Morgan fingerprint density at radius 2 is 1.62 bits per heavy atom. The van der Waals surface area contributed by atoms with Crippen molar-refractivity contribution in [3.63, 3.8) is 0 Å². The molecule has 0 saturated carbocycles. The van der Waals surface area contributed by atoms with Crippen molar-refractivity contribution in [1.82, 2.24) is 10.6 Å². The highest BCUT2D eigenvalue weighted by Gasteiger charge is 2.02. The Morgan fingerprint density at radius 3 is 2.24 bits per heavy atom. The number of benzene rings is 2. The monoisotopic (exact) mass is 512 g/mol. The number of rotatable bonds is 9. The first-order valence-corrected chi connectivity index (χ1v) is 9.76. The SMILES string of the molecule is CCCC(=O)Nc1ccc(CN=C(NCC)NCCc2ccc(F)cc2)cc1.I. The van der Waals surface area contributed by atoms with Crippen LogP contribution in [0, 0.1) is 5.82 Å². The molecule has 158 valence electrons. The van der Waals surface area contributed by atoms with Crippen LogP contribution in [0.25, 0.3) is 0 Å². The topological polar surface area (TPSA) is 65.5 Å². The lowest BCUT2D eigenvalue weighted by Gasteiger charge is -2.11. The number of guanidine groups is 1. The lowest BCUT2D eigenvalue weighted by molar-refractivity contribution is -0.116. The molecular weight excluding hydrogens is 482 g/mol. The molecule has 0 unspecified atom stereocenters. The van der Waals surface area contributed by atoms with Gasteiger partial charge >= 0.3 is 0 Å². The van der Waals surface area contributed by atoms with E-state index in [-0.39, 0.29) is 35.7 Å². The molecule has 0 radical (unpaired) electrons. The van der Waals surface area contributed by atoms with E-state index >= 15 is 0 Å². The maximum atomic E-state index is 13.0. The summed E-state index contributed by atoms with van der Waals surface area (Å²) in [7, 11) is 0. The summed E-state index contributed by atoms with van der Waals surface area (Å²) in [5, 5.41) is 9.39. The molecule has 0 fully saturated rings. The fourth-order valence-electron chi connectivity index (χ4n) is 2.63. The Balaban J connectivity index is 0.00000420. The number of aliphatic imine (C=N–C) groups is 1. The summed E-state index contributed by atoms with van der Waals surface area (Å²) < 4.78 is 13.0. The minimum atomic E-state index is -0.220. The molecule has 0 saturated heterocycles. The quantitative estimate of drug-likeness (QED) is 0.264. The first-order chi connectivity index (χ1) is 13.6. The van der Waals surface area contributed by atoms with E-state index in [0.29, 0.717) is 19.5 Å². The van der Waals surface area contributed by atoms with Gasteiger partial charge in [0.15, 0.2) is 5.96 Å². The molecule has 3 N–H and O–H groups in total. The summed E-state index contributed by atoms with van der Waals surface area (Å²) in [5.41, 5.74) is 2.94. The highest BCUT2D eigenvalue weighted by atomic mass is 127. The minimum absolute atomic E-state index is 0. The molecule has 5 nitrogen and oxygen atoms in total. The standard InChI is InChI=1S/C22H29FN4O.HI/c1-3-5-21(28)27-20-12-8-18(9-13-20)16-26-22(24-4-2)25-15-14-17-6-10-19(23)11-7-17;/h6-13H,3-5,14-16H2,1-2H3,(H,27,28)(H2,24,25,26);1H. The van der Waals surface area contributed by atoms with E-state index in [9.17, 15) is 9.18 Å². The maximum absolute atomic E-state index is 13.0. The van der Waals surface area contributed by atoms with E-state index in [2.05, 4.69) is 20.9 Å². The predicted molar refractivity (Wildman–Crippen MR) is 128 cm³/mol. The molecule has 0 aromatic heterocycles. The maximum Gasteiger partial charge on any atom is 0.224 e. The molecule has 0 aliphatic carbocycles. The fraction of sp³-hybridized carbons (Fsp3) is 0.364. The van der Waals surface area contributed by atoms with E-state index in [1.54, 1.807) is 12.1 Å². The summed E-state index contributed by atoms with van der Waals surface area (Å²) in [4.78, 5) is 16.2. The molecule has 0 spiro atoms. The average Bonchev–Trinajstić information content (AvgIpc) is 2.69. The van der Waals surface area contributed by atoms with E-state index in [1.165, 1.54) is 12.1 Å².